The van der Waals surface area contributed by atoms with Gasteiger partial charge in [-0.1, -0.05) is 0 Å². The van der Waals surface area contributed by atoms with Gasteiger partial charge in [0, 0.05) is 19.4 Å². The van der Waals surface area contributed by atoms with E-state index >= 15 is 0 Å². The lowest BCUT2D eigenvalue weighted by atomic mass is 9.98. The fourth-order valence-corrected chi connectivity index (χ4v) is 1.93. The molecule has 3 nitrogen and oxygen atoms in total. The van der Waals surface area contributed by atoms with Crippen LogP contribution in [0.25, 0.3) is 0 Å². The van der Waals surface area contributed by atoms with Gasteiger partial charge in [-0.05, 0) is 32.1 Å². The maximum Gasteiger partial charge on any atom is 0.0704 e. The lowest BCUT2D eigenvalue weighted by Crippen LogP contribution is -2.30. The first-order valence-electron chi connectivity index (χ1n) is 5.22. The summed E-state index contributed by atoms with van der Waals surface area (Å²) < 4.78 is 5.18. The number of hydrogen-bond acceptors (Lipinski definition) is 3. The van der Waals surface area contributed by atoms with Crippen LogP contribution < -0.4 is 0 Å². The number of rotatable bonds is 3. The zero-order valence-corrected chi connectivity index (χ0v) is 8.33. The molecule has 0 amide bonds. The van der Waals surface area contributed by atoms with Gasteiger partial charge in [0.2, 0.25) is 0 Å². The Kier molecular flexibility index (Phi) is 2.83. The molecule has 3 heteroatoms. The first kappa shape index (κ1) is 9.00. The lowest BCUT2D eigenvalue weighted by Gasteiger charge is -2.24. The fraction of sp³-hybridized carbons (Fsp3) is 0.900. The van der Waals surface area contributed by atoms with Crippen molar-refractivity contribution in [3.63, 3.8) is 0 Å². The first-order valence-corrected chi connectivity index (χ1v) is 5.22. The SMILES string of the molecule is COC[C@H]1CCCN1N=C1CCC1. The Hall–Kier alpha value is -0.570. The highest BCUT2D eigenvalue weighted by atomic mass is 16.5. The van der Waals surface area contributed by atoms with Crippen molar-refractivity contribution >= 4 is 5.71 Å². The lowest BCUT2D eigenvalue weighted by molar-refractivity contribution is 0.117. The van der Waals surface area contributed by atoms with Gasteiger partial charge in [-0.15, -0.1) is 0 Å². The molecule has 1 saturated heterocycles. The van der Waals surface area contributed by atoms with E-state index in [2.05, 4.69) is 10.1 Å². The van der Waals surface area contributed by atoms with E-state index in [1.165, 1.54) is 37.8 Å². The Morgan fingerprint density at radius 1 is 1.46 bits per heavy atom. The molecule has 74 valence electrons. The van der Waals surface area contributed by atoms with Crippen LogP contribution in [0.2, 0.25) is 0 Å². The molecule has 2 fully saturated rings. The molecular formula is C10H18N2O. The van der Waals surface area contributed by atoms with Crippen LogP contribution in [0.15, 0.2) is 5.10 Å². The number of hydrogen-bond donors (Lipinski definition) is 0. The van der Waals surface area contributed by atoms with Gasteiger partial charge in [0.15, 0.2) is 0 Å². The summed E-state index contributed by atoms with van der Waals surface area (Å²) in [5.41, 5.74) is 1.39. The van der Waals surface area contributed by atoms with Crippen LogP contribution >= 0.6 is 0 Å². The van der Waals surface area contributed by atoms with Crippen LogP contribution in [0.4, 0.5) is 0 Å². The largest absolute Gasteiger partial charge is 0.382 e. The van der Waals surface area contributed by atoms with Gasteiger partial charge in [0.05, 0.1) is 12.6 Å². The summed E-state index contributed by atoms with van der Waals surface area (Å²) in [5, 5.41) is 6.89. The Balaban J connectivity index is 1.89. The standard InChI is InChI=1S/C10H18N2O/c1-13-8-10-6-3-7-12(10)11-9-4-2-5-9/h10H,2-8H2,1H3/t10-/m1/s1. The fourth-order valence-electron chi connectivity index (χ4n) is 1.93. The third kappa shape index (κ3) is 2.02. The molecule has 1 atom stereocenters. The van der Waals surface area contributed by atoms with E-state index in [0.717, 1.165) is 13.2 Å². The Morgan fingerprint density at radius 3 is 2.92 bits per heavy atom. The molecule has 0 bridgehead atoms. The van der Waals surface area contributed by atoms with Crippen molar-refractivity contribution in [3.05, 3.63) is 0 Å². The van der Waals surface area contributed by atoms with E-state index in [0.29, 0.717) is 6.04 Å². The Morgan fingerprint density at radius 2 is 2.31 bits per heavy atom. The monoisotopic (exact) mass is 182 g/mol. The van der Waals surface area contributed by atoms with Crippen molar-refractivity contribution in [2.75, 3.05) is 20.3 Å². The average molecular weight is 182 g/mol. The molecule has 1 aliphatic carbocycles. The summed E-state index contributed by atoms with van der Waals surface area (Å²) in [6.07, 6.45) is 6.28. The molecule has 2 rings (SSSR count). The van der Waals surface area contributed by atoms with E-state index in [1.807, 2.05) is 0 Å². The highest BCUT2D eigenvalue weighted by molar-refractivity contribution is 5.88. The van der Waals surface area contributed by atoms with Gasteiger partial charge >= 0.3 is 0 Å². The van der Waals surface area contributed by atoms with Gasteiger partial charge < -0.3 is 4.74 Å². The number of methoxy groups -OCH3 is 1. The third-order valence-electron chi connectivity index (χ3n) is 2.91. The van der Waals surface area contributed by atoms with Crippen LogP contribution in [0.5, 0.6) is 0 Å². The zero-order valence-electron chi connectivity index (χ0n) is 8.33. The van der Waals surface area contributed by atoms with E-state index in [4.69, 9.17) is 4.74 Å². The topological polar surface area (TPSA) is 24.8 Å². The maximum atomic E-state index is 5.18. The second kappa shape index (κ2) is 4.09. The summed E-state index contributed by atoms with van der Waals surface area (Å²) in [6, 6.07) is 0.540. The van der Waals surface area contributed by atoms with Crippen molar-refractivity contribution in [2.24, 2.45) is 5.10 Å². The number of hydrazone groups is 1. The molecule has 0 aromatic heterocycles. The maximum absolute atomic E-state index is 5.18. The van der Waals surface area contributed by atoms with Gasteiger partial charge in [-0.25, -0.2) is 0 Å². The molecule has 1 saturated carbocycles. The molecule has 0 radical (unpaired) electrons. The van der Waals surface area contributed by atoms with Crippen molar-refractivity contribution in [2.45, 2.75) is 38.1 Å². The van der Waals surface area contributed by atoms with Crippen LogP contribution in [0.1, 0.15) is 32.1 Å². The van der Waals surface area contributed by atoms with Crippen molar-refractivity contribution < 1.29 is 4.74 Å². The summed E-state index contributed by atoms with van der Waals surface area (Å²) >= 11 is 0. The normalized spacial score (nSPS) is 27.6. The molecule has 0 aromatic rings. The average Bonchev–Trinajstić information content (AvgIpc) is 2.46. The molecule has 1 aliphatic heterocycles. The van der Waals surface area contributed by atoms with Crippen LogP contribution in [-0.4, -0.2) is 37.0 Å². The highest BCUT2D eigenvalue weighted by Crippen LogP contribution is 2.21. The molecule has 1 heterocycles. The van der Waals surface area contributed by atoms with Crippen LogP contribution in [-0.2, 0) is 4.74 Å². The second-order valence-corrected chi connectivity index (χ2v) is 3.93. The minimum absolute atomic E-state index is 0.540. The first-order chi connectivity index (χ1) is 6.40. The Labute approximate surface area is 79.8 Å². The number of nitrogens with zero attached hydrogens (tertiary/aromatic N) is 2. The molecular weight excluding hydrogens is 164 g/mol. The molecule has 0 unspecified atom stereocenters. The molecule has 0 spiro atoms. The van der Waals surface area contributed by atoms with Crippen molar-refractivity contribution in [1.82, 2.24) is 5.01 Å². The Bertz CT molecular complexity index is 197. The van der Waals surface area contributed by atoms with E-state index in [1.54, 1.807) is 7.11 Å². The summed E-state index contributed by atoms with van der Waals surface area (Å²) in [7, 11) is 1.77. The van der Waals surface area contributed by atoms with E-state index < -0.39 is 0 Å². The summed E-state index contributed by atoms with van der Waals surface area (Å²) in [4.78, 5) is 0. The zero-order chi connectivity index (χ0) is 9.10. The third-order valence-corrected chi connectivity index (χ3v) is 2.91. The van der Waals surface area contributed by atoms with Crippen molar-refractivity contribution in [1.29, 1.82) is 0 Å². The summed E-state index contributed by atoms with van der Waals surface area (Å²) in [6.45, 7) is 1.95. The smallest absolute Gasteiger partial charge is 0.0704 e. The molecule has 13 heavy (non-hydrogen) atoms. The van der Waals surface area contributed by atoms with E-state index in [9.17, 15) is 0 Å². The van der Waals surface area contributed by atoms with Gasteiger partial charge in [0.25, 0.3) is 0 Å². The van der Waals surface area contributed by atoms with Gasteiger partial charge in [-0.3, -0.25) is 5.01 Å². The van der Waals surface area contributed by atoms with Gasteiger partial charge in [0.1, 0.15) is 0 Å². The van der Waals surface area contributed by atoms with E-state index in [-0.39, 0.29) is 0 Å². The van der Waals surface area contributed by atoms with Crippen molar-refractivity contribution in [3.8, 4) is 0 Å². The second-order valence-electron chi connectivity index (χ2n) is 3.93. The highest BCUT2D eigenvalue weighted by Gasteiger charge is 2.24. The van der Waals surface area contributed by atoms with Gasteiger partial charge in [-0.2, -0.15) is 5.10 Å². The van der Waals surface area contributed by atoms with Crippen LogP contribution in [0, 0.1) is 0 Å². The molecule has 0 N–H and O–H groups in total. The minimum atomic E-state index is 0.540. The minimum Gasteiger partial charge on any atom is -0.382 e. The van der Waals surface area contributed by atoms with Crippen LogP contribution in [0.3, 0.4) is 0 Å². The predicted molar refractivity (Wildman–Crippen MR) is 52.9 cm³/mol. The molecule has 2 aliphatic rings. The summed E-state index contributed by atoms with van der Waals surface area (Å²) in [5.74, 6) is 0. The molecule has 0 aromatic carbocycles. The number of ether oxygens (including phenoxy) is 1. The quantitative estimate of drug-likeness (QED) is 0.662. The predicted octanol–water partition coefficient (Wildman–Crippen LogP) is 1.64.